The number of amides is 1. The maximum absolute atomic E-state index is 10.7. The summed E-state index contributed by atoms with van der Waals surface area (Å²) in [6, 6.07) is 7.85. The van der Waals surface area contributed by atoms with Crippen LogP contribution < -0.4 is 21.5 Å². The van der Waals surface area contributed by atoms with Gasteiger partial charge in [0.2, 0.25) is 0 Å². The maximum Gasteiger partial charge on any atom is 0.255 e. The minimum Gasteiger partial charge on any atom is -0.484 e. The van der Waals surface area contributed by atoms with Crippen molar-refractivity contribution in [2.75, 3.05) is 6.61 Å². The number of ether oxygens (including phenoxy) is 1. The molecule has 1 aliphatic carbocycles. The smallest absolute Gasteiger partial charge is 0.255 e. The lowest BCUT2D eigenvalue weighted by atomic mass is 9.96. The van der Waals surface area contributed by atoms with Gasteiger partial charge in [-0.15, -0.1) is 24.0 Å². The molecule has 0 radical (unpaired) electrons. The number of benzene rings is 1. The number of nitrogens with one attached hydrogen (secondary N) is 1. The molecule has 0 aliphatic heterocycles. The molecule has 5 N–H and O–H groups in total. The van der Waals surface area contributed by atoms with Crippen molar-refractivity contribution in [2.45, 2.75) is 44.7 Å². The van der Waals surface area contributed by atoms with Gasteiger partial charge in [0.15, 0.2) is 12.6 Å². The van der Waals surface area contributed by atoms with Crippen LogP contribution in [0.1, 0.15) is 37.7 Å². The molecular formula is C16H25IN4O2. The fourth-order valence-corrected chi connectivity index (χ4v) is 2.57. The summed E-state index contributed by atoms with van der Waals surface area (Å²) in [5.74, 6) is 0.588. The van der Waals surface area contributed by atoms with Gasteiger partial charge in [0.1, 0.15) is 5.75 Å². The minimum atomic E-state index is -0.496. The number of nitrogens with two attached hydrogens (primary N) is 2. The van der Waals surface area contributed by atoms with Crippen molar-refractivity contribution in [3.63, 3.8) is 0 Å². The molecule has 128 valence electrons. The molecule has 1 aromatic carbocycles. The van der Waals surface area contributed by atoms with Crippen molar-refractivity contribution in [3.05, 3.63) is 29.8 Å². The second kappa shape index (κ2) is 10.3. The summed E-state index contributed by atoms with van der Waals surface area (Å²) < 4.78 is 5.27. The molecule has 0 aromatic heterocycles. The van der Waals surface area contributed by atoms with E-state index in [0.29, 0.717) is 24.3 Å². The second-order valence-electron chi connectivity index (χ2n) is 5.58. The number of rotatable bonds is 6. The Morgan fingerprint density at radius 1 is 1.26 bits per heavy atom. The molecule has 0 heterocycles. The van der Waals surface area contributed by atoms with Gasteiger partial charge < -0.3 is 21.5 Å². The summed E-state index contributed by atoms with van der Waals surface area (Å²) in [6.45, 7) is 0.345. The first-order valence-corrected chi connectivity index (χ1v) is 7.70. The zero-order valence-electron chi connectivity index (χ0n) is 13.2. The maximum atomic E-state index is 10.7. The monoisotopic (exact) mass is 432 g/mol. The van der Waals surface area contributed by atoms with E-state index in [1.807, 2.05) is 18.2 Å². The quantitative estimate of drug-likeness (QED) is 0.363. The molecule has 1 amide bonds. The summed E-state index contributed by atoms with van der Waals surface area (Å²) in [4.78, 5) is 15.1. The average Bonchev–Trinajstić information content (AvgIpc) is 2.52. The van der Waals surface area contributed by atoms with Gasteiger partial charge in [-0.25, -0.2) is 4.99 Å². The number of nitrogens with zero attached hydrogens (tertiary/aromatic N) is 1. The first-order chi connectivity index (χ1) is 10.6. The van der Waals surface area contributed by atoms with E-state index in [0.717, 1.165) is 18.4 Å². The molecule has 0 spiro atoms. The first kappa shape index (κ1) is 19.5. The van der Waals surface area contributed by atoms with E-state index in [-0.39, 0.29) is 30.6 Å². The average molecular weight is 432 g/mol. The van der Waals surface area contributed by atoms with E-state index in [1.54, 1.807) is 6.07 Å². The van der Waals surface area contributed by atoms with Gasteiger partial charge >= 0.3 is 0 Å². The lowest BCUT2D eigenvalue weighted by molar-refractivity contribution is -0.119. The Morgan fingerprint density at radius 3 is 2.70 bits per heavy atom. The normalized spacial score (nSPS) is 15.6. The number of carbonyl (C=O) groups excluding carboxylic acids is 1. The highest BCUT2D eigenvalue weighted by Crippen LogP contribution is 2.17. The van der Waals surface area contributed by atoms with Crippen LogP contribution in [0.15, 0.2) is 29.3 Å². The third kappa shape index (κ3) is 7.54. The van der Waals surface area contributed by atoms with Crippen LogP contribution in [0.2, 0.25) is 0 Å². The van der Waals surface area contributed by atoms with Crippen LogP contribution in [0.3, 0.4) is 0 Å². The number of aliphatic imine (C=N–C) groups is 1. The fourth-order valence-electron chi connectivity index (χ4n) is 2.57. The molecule has 0 bridgehead atoms. The van der Waals surface area contributed by atoms with Crippen molar-refractivity contribution < 1.29 is 9.53 Å². The molecule has 0 unspecified atom stereocenters. The van der Waals surface area contributed by atoms with Gasteiger partial charge in [-0.05, 0) is 30.5 Å². The Balaban J connectivity index is 0.00000264. The Bertz CT molecular complexity index is 531. The van der Waals surface area contributed by atoms with Crippen LogP contribution >= 0.6 is 24.0 Å². The number of primary amides is 1. The van der Waals surface area contributed by atoms with Crippen molar-refractivity contribution in [1.29, 1.82) is 0 Å². The lowest BCUT2D eigenvalue weighted by Crippen LogP contribution is -2.41. The zero-order valence-corrected chi connectivity index (χ0v) is 15.5. The second-order valence-corrected chi connectivity index (χ2v) is 5.58. The first-order valence-electron chi connectivity index (χ1n) is 7.70. The van der Waals surface area contributed by atoms with Crippen LogP contribution in [-0.4, -0.2) is 24.5 Å². The molecule has 23 heavy (non-hydrogen) atoms. The van der Waals surface area contributed by atoms with E-state index in [1.165, 1.54) is 19.3 Å². The van der Waals surface area contributed by atoms with E-state index < -0.39 is 5.91 Å². The highest BCUT2D eigenvalue weighted by molar-refractivity contribution is 14.0. The van der Waals surface area contributed by atoms with Crippen LogP contribution in [-0.2, 0) is 11.3 Å². The van der Waals surface area contributed by atoms with Gasteiger partial charge in [0, 0.05) is 6.04 Å². The Kier molecular flexibility index (Phi) is 8.75. The third-order valence-electron chi connectivity index (χ3n) is 3.67. The molecule has 7 heteroatoms. The topological polar surface area (TPSA) is 103 Å². The van der Waals surface area contributed by atoms with E-state index in [2.05, 4.69) is 10.3 Å². The molecule has 1 fully saturated rings. The van der Waals surface area contributed by atoms with Gasteiger partial charge in [0.25, 0.3) is 5.91 Å². The Hall–Kier alpha value is -1.51. The van der Waals surface area contributed by atoms with Crippen molar-refractivity contribution >= 4 is 35.8 Å². The highest BCUT2D eigenvalue weighted by Gasteiger charge is 2.13. The number of hydrogen-bond acceptors (Lipinski definition) is 3. The molecule has 6 nitrogen and oxygen atoms in total. The van der Waals surface area contributed by atoms with E-state index in [9.17, 15) is 4.79 Å². The lowest BCUT2D eigenvalue weighted by Gasteiger charge is -2.23. The van der Waals surface area contributed by atoms with Crippen LogP contribution in [0.25, 0.3) is 0 Å². The molecule has 0 saturated heterocycles. The van der Waals surface area contributed by atoms with E-state index >= 15 is 0 Å². The Labute approximate surface area is 154 Å². The predicted molar refractivity (Wildman–Crippen MR) is 102 cm³/mol. The number of guanidine groups is 1. The molecule has 1 saturated carbocycles. The van der Waals surface area contributed by atoms with Crippen molar-refractivity contribution in [1.82, 2.24) is 5.32 Å². The largest absolute Gasteiger partial charge is 0.484 e. The van der Waals surface area contributed by atoms with Crippen LogP contribution in [0, 0.1) is 0 Å². The van der Waals surface area contributed by atoms with Crippen molar-refractivity contribution in [3.8, 4) is 5.75 Å². The standard InChI is InChI=1S/C16H24N4O2.HI/c17-15(21)11-22-14-8-4-5-12(9-14)10-19-16(18)20-13-6-2-1-3-7-13;/h4-5,8-9,13H,1-3,6-7,10-11H2,(H2,17,21)(H3,18,19,20);1H. The zero-order chi connectivity index (χ0) is 15.8. The van der Waals surface area contributed by atoms with E-state index in [4.69, 9.17) is 16.2 Å². The molecule has 1 aliphatic rings. The molecular weight excluding hydrogens is 407 g/mol. The summed E-state index contributed by atoms with van der Waals surface area (Å²) in [5.41, 5.74) is 12.0. The van der Waals surface area contributed by atoms with Crippen molar-refractivity contribution in [2.24, 2.45) is 16.5 Å². The Morgan fingerprint density at radius 2 is 2.00 bits per heavy atom. The summed E-state index contributed by atoms with van der Waals surface area (Å²) in [5, 5.41) is 3.28. The molecule has 0 atom stereocenters. The number of carbonyl (C=O) groups is 1. The fraction of sp³-hybridized carbons (Fsp3) is 0.500. The SMILES string of the molecule is I.NC(=O)COc1cccc(CN=C(N)NC2CCCCC2)c1. The molecule has 1 aromatic rings. The minimum absolute atomic E-state index is 0. The summed E-state index contributed by atoms with van der Waals surface area (Å²) in [7, 11) is 0. The molecule has 2 rings (SSSR count). The van der Waals surface area contributed by atoms with Gasteiger partial charge in [-0.1, -0.05) is 31.4 Å². The predicted octanol–water partition coefficient (Wildman–Crippen LogP) is 1.91. The highest BCUT2D eigenvalue weighted by atomic mass is 127. The van der Waals surface area contributed by atoms with Crippen LogP contribution in [0.5, 0.6) is 5.75 Å². The summed E-state index contributed by atoms with van der Waals surface area (Å²) in [6.07, 6.45) is 6.14. The number of halogens is 1. The third-order valence-corrected chi connectivity index (χ3v) is 3.67. The number of hydrogen-bond donors (Lipinski definition) is 3. The van der Waals surface area contributed by atoms with Gasteiger partial charge in [0.05, 0.1) is 6.54 Å². The van der Waals surface area contributed by atoms with Crippen LogP contribution in [0.4, 0.5) is 0 Å². The van der Waals surface area contributed by atoms with Gasteiger partial charge in [-0.3, -0.25) is 4.79 Å². The van der Waals surface area contributed by atoms with Gasteiger partial charge in [-0.2, -0.15) is 0 Å². The summed E-state index contributed by atoms with van der Waals surface area (Å²) >= 11 is 0.